The molecule has 0 spiro atoms. The van der Waals surface area contributed by atoms with Crippen LogP contribution in [-0.4, -0.2) is 13.2 Å². The number of hydrogen-bond donors (Lipinski definition) is 1. The third kappa shape index (κ3) is 2.30. The zero-order chi connectivity index (χ0) is 11.5. The number of thiophene rings is 1. The number of ether oxygens (including phenoxy) is 1. The average molecular weight is 237 g/mol. The van der Waals surface area contributed by atoms with Gasteiger partial charge in [0.25, 0.3) is 0 Å². The Morgan fingerprint density at radius 3 is 2.81 bits per heavy atom. The smallest absolute Gasteiger partial charge is 0.114 e. The van der Waals surface area contributed by atoms with Crippen LogP contribution in [0.4, 0.5) is 0 Å². The lowest BCUT2D eigenvalue weighted by Gasteiger charge is -2.17. The molecule has 1 aliphatic heterocycles. The van der Waals surface area contributed by atoms with Crippen molar-refractivity contribution in [3.63, 3.8) is 0 Å². The molecule has 0 fully saturated rings. The maximum absolute atomic E-state index is 5.68. The molecule has 1 aliphatic rings. The van der Waals surface area contributed by atoms with Crippen LogP contribution in [0.25, 0.3) is 0 Å². The highest BCUT2D eigenvalue weighted by Crippen LogP contribution is 2.32. The summed E-state index contributed by atoms with van der Waals surface area (Å²) in [5.41, 5.74) is 1.38. The summed E-state index contributed by atoms with van der Waals surface area (Å²) in [5, 5.41) is 3.50. The summed E-state index contributed by atoms with van der Waals surface area (Å²) in [5.74, 6) is 1.10. The van der Waals surface area contributed by atoms with Crippen LogP contribution in [0.1, 0.15) is 34.7 Å². The molecular weight excluding hydrogens is 218 g/mol. The van der Waals surface area contributed by atoms with Gasteiger partial charge in [-0.25, -0.2) is 0 Å². The lowest BCUT2D eigenvalue weighted by molar-refractivity contribution is 0.217. The third-order valence-electron chi connectivity index (χ3n) is 2.89. The maximum atomic E-state index is 5.68. The molecule has 0 radical (unpaired) electrons. The average Bonchev–Trinajstić information content (AvgIpc) is 2.86. The van der Waals surface area contributed by atoms with Crippen molar-refractivity contribution in [2.24, 2.45) is 0 Å². The van der Waals surface area contributed by atoms with E-state index < -0.39 is 0 Å². The number of rotatable bonds is 4. The molecule has 0 bridgehead atoms. The van der Waals surface area contributed by atoms with Gasteiger partial charge in [0.05, 0.1) is 12.6 Å². The summed E-state index contributed by atoms with van der Waals surface area (Å²) in [4.78, 5) is 2.77. The molecule has 2 nitrogen and oxygen atoms in total. The van der Waals surface area contributed by atoms with Gasteiger partial charge < -0.3 is 10.1 Å². The van der Waals surface area contributed by atoms with E-state index in [4.69, 9.17) is 4.74 Å². The Bertz CT molecular complexity index is 375. The molecule has 0 saturated carbocycles. The lowest BCUT2D eigenvalue weighted by Crippen LogP contribution is -2.22. The molecular formula is C13H19NOS. The van der Waals surface area contributed by atoms with Crippen LogP contribution in [0.2, 0.25) is 0 Å². The van der Waals surface area contributed by atoms with Gasteiger partial charge in [-0.2, -0.15) is 0 Å². The highest BCUT2D eigenvalue weighted by Gasteiger charge is 2.21. The zero-order valence-electron chi connectivity index (χ0n) is 10.2. The second-order valence-electron chi connectivity index (χ2n) is 4.12. The third-order valence-corrected chi connectivity index (χ3v) is 4.11. The molecule has 1 unspecified atom stereocenters. The van der Waals surface area contributed by atoms with Gasteiger partial charge in [0.2, 0.25) is 0 Å². The van der Waals surface area contributed by atoms with Crippen molar-refractivity contribution in [1.82, 2.24) is 5.32 Å². The molecule has 1 aromatic rings. The van der Waals surface area contributed by atoms with Gasteiger partial charge in [0.15, 0.2) is 0 Å². The monoisotopic (exact) mass is 237 g/mol. The Morgan fingerprint density at radius 1 is 1.50 bits per heavy atom. The van der Waals surface area contributed by atoms with Crippen molar-refractivity contribution in [2.75, 3.05) is 13.2 Å². The molecule has 2 rings (SSSR count). The van der Waals surface area contributed by atoms with E-state index in [-0.39, 0.29) is 6.04 Å². The second kappa shape index (κ2) is 5.02. The van der Waals surface area contributed by atoms with Crippen LogP contribution in [0.3, 0.4) is 0 Å². The van der Waals surface area contributed by atoms with Gasteiger partial charge in [-0.05, 0) is 38.1 Å². The fraction of sp³-hybridized carbons (Fsp3) is 0.538. The minimum absolute atomic E-state index is 0.255. The van der Waals surface area contributed by atoms with Gasteiger partial charge >= 0.3 is 0 Å². The summed E-state index contributed by atoms with van der Waals surface area (Å²) in [6, 6.07) is 2.53. The largest absolute Gasteiger partial charge is 0.496 e. The predicted octanol–water partition coefficient (Wildman–Crippen LogP) is 3.32. The van der Waals surface area contributed by atoms with Crippen LogP contribution < -0.4 is 5.32 Å². The maximum Gasteiger partial charge on any atom is 0.114 e. The standard InChI is InChI=1S/C13H19NOS/c1-4-14-13(11-6-5-7-15-11)12-8-9(2)10(3)16-12/h6,8,13-14H,4-5,7H2,1-3H3. The Kier molecular flexibility index (Phi) is 3.66. The number of hydrogen-bond acceptors (Lipinski definition) is 3. The first kappa shape index (κ1) is 11.7. The summed E-state index contributed by atoms with van der Waals surface area (Å²) < 4.78 is 5.68. The molecule has 2 heterocycles. The normalized spacial score (nSPS) is 17.1. The Hall–Kier alpha value is -0.800. The summed E-state index contributed by atoms with van der Waals surface area (Å²) in [6.07, 6.45) is 3.25. The first-order valence-electron chi connectivity index (χ1n) is 5.85. The van der Waals surface area contributed by atoms with E-state index in [1.54, 1.807) is 0 Å². The van der Waals surface area contributed by atoms with Gasteiger partial charge in [0.1, 0.15) is 5.76 Å². The van der Waals surface area contributed by atoms with Gasteiger partial charge in [-0.3, -0.25) is 0 Å². The van der Waals surface area contributed by atoms with Crippen molar-refractivity contribution < 1.29 is 4.74 Å². The van der Waals surface area contributed by atoms with Gasteiger partial charge in [0, 0.05) is 16.2 Å². The van der Waals surface area contributed by atoms with Crippen LogP contribution in [-0.2, 0) is 4.74 Å². The lowest BCUT2D eigenvalue weighted by atomic mass is 10.1. The fourth-order valence-electron chi connectivity index (χ4n) is 1.93. The summed E-state index contributed by atoms with van der Waals surface area (Å²) in [6.45, 7) is 8.27. The zero-order valence-corrected chi connectivity index (χ0v) is 11.0. The van der Waals surface area contributed by atoms with Crippen molar-refractivity contribution in [2.45, 2.75) is 33.2 Å². The Morgan fingerprint density at radius 2 is 2.31 bits per heavy atom. The van der Waals surface area contributed by atoms with E-state index in [1.165, 1.54) is 15.3 Å². The van der Waals surface area contributed by atoms with E-state index in [2.05, 4.69) is 38.2 Å². The first-order valence-corrected chi connectivity index (χ1v) is 6.67. The summed E-state index contributed by atoms with van der Waals surface area (Å²) >= 11 is 1.87. The Balaban J connectivity index is 2.24. The highest BCUT2D eigenvalue weighted by atomic mass is 32.1. The van der Waals surface area contributed by atoms with E-state index in [0.717, 1.165) is 25.3 Å². The molecule has 0 amide bonds. The van der Waals surface area contributed by atoms with Crippen LogP contribution in [0.5, 0.6) is 0 Å². The molecule has 0 aromatic carbocycles. The van der Waals surface area contributed by atoms with Crippen LogP contribution >= 0.6 is 11.3 Å². The number of likely N-dealkylation sites (N-methyl/N-ethyl adjacent to an activating group) is 1. The minimum atomic E-state index is 0.255. The van der Waals surface area contributed by atoms with Crippen LogP contribution in [0, 0.1) is 13.8 Å². The quantitative estimate of drug-likeness (QED) is 0.867. The molecule has 1 N–H and O–H groups in total. The van der Waals surface area contributed by atoms with E-state index in [9.17, 15) is 0 Å². The van der Waals surface area contributed by atoms with Gasteiger partial charge in [-0.15, -0.1) is 11.3 Å². The molecule has 3 heteroatoms. The topological polar surface area (TPSA) is 21.3 Å². The van der Waals surface area contributed by atoms with E-state index in [0.29, 0.717) is 0 Å². The minimum Gasteiger partial charge on any atom is -0.496 e. The predicted molar refractivity (Wildman–Crippen MR) is 68.9 cm³/mol. The molecule has 16 heavy (non-hydrogen) atoms. The molecule has 1 aromatic heterocycles. The Labute approximate surface area is 101 Å². The van der Waals surface area contributed by atoms with Crippen molar-refractivity contribution in [1.29, 1.82) is 0 Å². The van der Waals surface area contributed by atoms with E-state index >= 15 is 0 Å². The number of aryl methyl sites for hydroxylation is 2. The van der Waals surface area contributed by atoms with E-state index in [1.807, 2.05) is 11.3 Å². The van der Waals surface area contributed by atoms with Gasteiger partial charge in [-0.1, -0.05) is 6.92 Å². The molecule has 1 atom stereocenters. The van der Waals surface area contributed by atoms with Crippen molar-refractivity contribution >= 4 is 11.3 Å². The molecule has 88 valence electrons. The second-order valence-corrected chi connectivity index (χ2v) is 5.41. The molecule has 0 saturated heterocycles. The first-order chi connectivity index (χ1) is 7.72. The summed E-state index contributed by atoms with van der Waals surface area (Å²) in [7, 11) is 0. The van der Waals surface area contributed by atoms with Crippen molar-refractivity contribution in [3.05, 3.63) is 33.2 Å². The highest BCUT2D eigenvalue weighted by molar-refractivity contribution is 7.12. The SMILES string of the molecule is CCNC(C1=CCCO1)c1cc(C)c(C)s1. The van der Waals surface area contributed by atoms with Crippen molar-refractivity contribution in [3.8, 4) is 0 Å². The molecule has 0 aliphatic carbocycles. The fourth-order valence-corrected chi connectivity index (χ4v) is 3.05. The number of nitrogens with one attached hydrogen (secondary N) is 1. The van der Waals surface area contributed by atoms with Crippen LogP contribution in [0.15, 0.2) is 17.9 Å².